The van der Waals surface area contributed by atoms with E-state index in [0.717, 1.165) is 38.3 Å². The van der Waals surface area contributed by atoms with Crippen LogP contribution in [0.1, 0.15) is 46.0 Å². The highest BCUT2D eigenvalue weighted by Crippen LogP contribution is 2.28. The maximum Gasteiger partial charge on any atom is 0.319 e. The molecule has 0 bridgehead atoms. The summed E-state index contributed by atoms with van der Waals surface area (Å²) >= 11 is 0. The molecular formula is C19H29N3O2. The molecule has 24 heavy (non-hydrogen) atoms. The molecule has 2 aliphatic rings. The van der Waals surface area contributed by atoms with Gasteiger partial charge in [0.1, 0.15) is 0 Å². The summed E-state index contributed by atoms with van der Waals surface area (Å²) in [6.07, 6.45) is 5.92. The van der Waals surface area contributed by atoms with Crippen LogP contribution in [0.2, 0.25) is 0 Å². The smallest absolute Gasteiger partial charge is 0.319 e. The lowest BCUT2D eigenvalue weighted by atomic mass is 9.96. The standard InChI is InChI=1S/C19H29N3O2/c1-19(2)14-24-13-12-22(19)17-10-8-16(9-11-17)21-18(23)20-15-6-4-3-5-7-15/h8-11,15H,3-7,12-14H2,1-2H3,(H2,20,21,23). The Morgan fingerprint density at radius 1 is 1.17 bits per heavy atom. The first kappa shape index (κ1) is 17.1. The molecule has 1 heterocycles. The number of hydrogen-bond acceptors (Lipinski definition) is 3. The van der Waals surface area contributed by atoms with Crippen LogP contribution in [0.25, 0.3) is 0 Å². The molecule has 0 unspecified atom stereocenters. The SMILES string of the molecule is CC1(C)COCCN1c1ccc(NC(=O)NC2CCCCC2)cc1. The fraction of sp³-hybridized carbons (Fsp3) is 0.632. The average molecular weight is 331 g/mol. The van der Waals surface area contributed by atoms with Crippen LogP contribution in [0, 0.1) is 0 Å². The molecule has 1 aliphatic heterocycles. The van der Waals surface area contributed by atoms with Crippen LogP contribution < -0.4 is 15.5 Å². The molecule has 2 N–H and O–H groups in total. The zero-order valence-electron chi connectivity index (χ0n) is 14.8. The van der Waals surface area contributed by atoms with Crippen molar-refractivity contribution in [2.45, 2.75) is 57.5 Å². The number of urea groups is 1. The first-order valence-electron chi connectivity index (χ1n) is 9.08. The van der Waals surface area contributed by atoms with Gasteiger partial charge in [0, 0.05) is 24.0 Å². The number of amides is 2. The van der Waals surface area contributed by atoms with Crippen molar-refractivity contribution in [2.75, 3.05) is 30.0 Å². The summed E-state index contributed by atoms with van der Waals surface area (Å²) in [7, 11) is 0. The highest BCUT2D eigenvalue weighted by molar-refractivity contribution is 5.89. The highest BCUT2D eigenvalue weighted by atomic mass is 16.5. The minimum Gasteiger partial charge on any atom is -0.377 e. The minimum absolute atomic E-state index is 0.00838. The molecule has 2 fully saturated rings. The second-order valence-corrected chi connectivity index (χ2v) is 7.50. The van der Waals surface area contributed by atoms with E-state index in [1.54, 1.807) is 0 Å². The summed E-state index contributed by atoms with van der Waals surface area (Å²) < 4.78 is 5.58. The Balaban J connectivity index is 1.57. The largest absolute Gasteiger partial charge is 0.377 e. The van der Waals surface area contributed by atoms with Crippen molar-refractivity contribution in [3.63, 3.8) is 0 Å². The Hall–Kier alpha value is -1.75. The van der Waals surface area contributed by atoms with Crippen molar-refractivity contribution in [3.8, 4) is 0 Å². The predicted molar refractivity (Wildman–Crippen MR) is 97.7 cm³/mol. The van der Waals surface area contributed by atoms with Gasteiger partial charge in [0.2, 0.25) is 0 Å². The predicted octanol–water partition coefficient (Wildman–Crippen LogP) is 3.76. The van der Waals surface area contributed by atoms with Gasteiger partial charge in [-0.3, -0.25) is 0 Å². The molecule has 132 valence electrons. The Bertz CT molecular complexity index is 550. The Morgan fingerprint density at radius 3 is 2.54 bits per heavy atom. The zero-order valence-corrected chi connectivity index (χ0v) is 14.8. The van der Waals surface area contributed by atoms with Crippen LogP contribution in [0.5, 0.6) is 0 Å². The highest BCUT2D eigenvalue weighted by Gasteiger charge is 2.30. The van der Waals surface area contributed by atoms with Gasteiger partial charge in [-0.1, -0.05) is 19.3 Å². The summed E-state index contributed by atoms with van der Waals surface area (Å²) in [5.41, 5.74) is 1.99. The number of rotatable bonds is 3. The number of nitrogens with zero attached hydrogens (tertiary/aromatic N) is 1. The van der Waals surface area contributed by atoms with Crippen molar-refractivity contribution in [1.29, 1.82) is 0 Å². The van der Waals surface area contributed by atoms with Crippen LogP contribution in [0.3, 0.4) is 0 Å². The molecule has 0 spiro atoms. The van der Waals surface area contributed by atoms with Crippen molar-refractivity contribution < 1.29 is 9.53 Å². The maximum atomic E-state index is 12.1. The molecule has 1 saturated carbocycles. The van der Waals surface area contributed by atoms with Gasteiger partial charge in [-0.15, -0.1) is 0 Å². The average Bonchev–Trinajstić information content (AvgIpc) is 2.56. The third kappa shape index (κ3) is 4.20. The normalized spacial score (nSPS) is 21.3. The van der Waals surface area contributed by atoms with Crippen LogP contribution >= 0.6 is 0 Å². The fourth-order valence-corrected chi connectivity index (χ4v) is 3.66. The van der Waals surface area contributed by atoms with Crippen molar-refractivity contribution in [3.05, 3.63) is 24.3 Å². The molecule has 1 saturated heterocycles. The molecule has 1 aromatic rings. The molecular weight excluding hydrogens is 302 g/mol. The molecule has 0 aromatic heterocycles. The maximum absolute atomic E-state index is 12.1. The Morgan fingerprint density at radius 2 is 1.88 bits per heavy atom. The van der Waals surface area contributed by atoms with Crippen molar-refractivity contribution in [2.24, 2.45) is 0 Å². The minimum atomic E-state index is -0.0960. The molecule has 3 rings (SSSR count). The van der Waals surface area contributed by atoms with Crippen LogP contribution in [0.4, 0.5) is 16.2 Å². The Labute approximate surface area is 144 Å². The summed E-state index contributed by atoms with van der Waals surface area (Å²) in [6.45, 7) is 6.76. The van der Waals surface area contributed by atoms with E-state index in [1.165, 1.54) is 24.9 Å². The second kappa shape index (κ2) is 7.43. The summed E-state index contributed by atoms with van der Waals surface area (Å²) in [5.74, 6) is 0. The Kier molecular flexibility index (Phi) is 5.29. The first-order chi connectivity index (χ1) is 11.5. The molecule has 2 amide bonds. The van der Waals surface area contributed by atoms with Gasteiger partial charge < -0.3 is 20.3 Å². The van der Waals surface area contributed by atoms with Gasteiger partial charge in [0.25, 0.3) is 0 Å². The molecule has 0 atom stereocenters. The molecule has 5 nitrogen and oxygen atoms in total. The summed E-state index contributed by atoms with van der Waals surface area (Å²) in [6, 6.07) is 8.32. The van der Waals surface area contributed by atoms with E-state index in [2.05, 4.69) is 41.5 Å². The van der Waals surface area contributed by atoms with E-state index >= 15 is 0 Å². The van der Waals surface area contributed by atoms with Gasteiger partial charge in [-0.25, -0.2) is 4.79 Å². The van der Waals surface area contributed by atoms with Crippen LogP contribution in [0.15, 0.2) is 24.3 Å². The van der Waals surface area contributed by atoms with E-state index in [0.29, 0.717) is 6.04 Å². The van der Waals surface area contributed by atoms with Gasteiger partial charge >= 0.3 is 6.03 Å². The number of carbonyl (C=O) groups excluding carboxylic acids is 1. The molecule has 1 aromatic carbocycles. The monoisotopic (exact) mass is 331 g/mol. The van der Waals surface area contributed by atoms with Gasteiger partial charge in [0.15, 0.2) is 0 Å². The molecule has 0 radical (unpaired) electrons. The third-order valence-corrected chi connectivity index (χ3v) is 5.02. The lowest BCUT2D eigenvalue weighted by Crippen LogP contribution is -2.53. The molecule has 1 aliphatic carbocycles. The second-order valence-electron chi connectivity index (χ2n) is 7.50. The number of ether oxygens (including phenoxy) is 1. The van der Waals surface area contributed by atoms with Crippen LogP contribution in [-0.2, 0) is 4.74 Å². The number of benzene rings is 1. The van der Waals surface area contributed by atoms with E-state index in [4.69, 9.17) is 4.74 Å². The van der Waals surface area contributed by atoms with Gasteiger partial charge in [-0.05, 0) is 51.0 Å². The third-order valence-electron chi connectivity index (χ3n) is 5.02. The number of anilines is 2. The van der Waals surface area contributed by atoms with Crippen molar-refractivity contribution in [1.82, 2.24) is 5.32 Å². The number of hydrogen-bond donors (Lipinski definition) is 2. The van der Waals surface area contributed by atoms with Crippen LogP contribution in [-0.4, -0.2) is 37.4 Å². The fourth-order valence-electron chi connectivity index (χ4n) is 3.66. The lowest BCUT2D eigenvalue weighted by Gasteiger charge is -2.43. The number of morpholine rings is 1. The van der Waals surface area contributed by atoms with E-state index in [1.807, 2.05) is 12.1 Å². The summed E-state index contributed by atoms with van der Waals surface area (Å²) in [5, 5.41) is 6.03. The summed E-state index contributed by atoms with van der Waals surface area (Å²) in [4.78, 5) is 14.5. The topological polar surface area (TPSA) is 53.6 Å². The number of carbonyl (C=O) groups is 1. The molecule has 5 heteroatoms. The van der Waals surface area contributed by atoms with E-state index < -0.39 is 0 Å². The first-order valence-corrected chi connectivity index (χ1v) is 9.08. The van der Waals surface area contributed by atoms with Gasteiger partial charge in [-0.2, -0.15) is 0 Å². The van der Waals surface area contributed by atoms with Gasteiger partial charge in [0.05, 0.1) is 18.8 Å². The van der Waals surface area contributed by atoms with E-state index in [-0.39, 0.29) is 11.6 Å². The van der Waals surface area contributed by atoms with E-state index in [9.17, 15) is 4.79 Å². The quantitative estimate of drug-likeness (QED) is 0.887. The van der Waals surface area contributed by atoms with Crippen molar-refractivity contribution >= 4 is 17.4 Å². The lowest BCUT2D eigenvalue weighted by molar-refractivity contribution is 0.0644. The number of nitrogens with one attached hydrogen (secondary N) is 2. The zero-order chi connectivity index (χ0) is 17.0.